The maximum absolute atomic E-state index is 14.6. The van der Waals surface area contributed by atoms with Gasteiger partial charge in [-0.25, -0.2) is 9.18 Å². The van der Waals surface area contributed by atoms with E-state index in [0.717, 1.165) is 31.9 Å². The highest BCUT2D eigenvalue weighted by atomic mass is 19.1. The highest BCUT2D eigenvalue weighted by molar-refractivity contribution is 5.75. The van der Waals surface area contributed by atoms with Gasteiger partial charge in [0.1, 0.15) is 5.82 Å². The second-order valence-electron chi connectivity index (χ2n) is 8.21. The molecule has 0 spiro atoms. The molecule has 2 aliphatic rings. The molecule has 7 heteroatoms. The molecule has 1 aromatic carbocycles. The van der Waals surface area contributed by atoms with Crippen molar-refractivity contribution < 1.29 is 18.8 Å². The quantitative estimate of drug-likeness (QED) is 0.800. The van der Waals surface area contributed by atoms with E-state index in [2.05, 4.69) is 9.80 Å². The predicted octanol–water partition coefficient (Wildman–Crippen LogP) is 2.28. The molecule has 0 amide bonds. The van der Waals surface area contributed by atoms with Crippen LogP contribution in [0.1, 0.15) is 26.3 Å². The number of ether oxygens (including phenoxy) is 1. The lowest BCUT2D eigenvalue weighted by Crippen LogP contribution is -2.47. The molecule has 6 nitrogen and oxygen atoms in total. The van der Waals surface area contributed by atoms with Gasteiger partial charge in [0.05, 0.1) is 18.6 Å². The summed E-state index contributed by atoms with van der Waals surface area (Å²) in [4.78, 5) is 21.8. The van der Waals surface area contributed by atoms with Gasteiger partial charge in [0.2, 0.25) is 0 Å². The molecule has 2 saturated heterocycles. The Morgan fingerprint density at radius 2 is 1.78 bits per heavy atom. The summed E-state index contributed by atoms with van der Waals surface area (Å²) in [7, 11) is 0. The van der Waals surface area contributed by atoms with Gasteiger partial charge in [0.15, 0.2) is 0 Å². The highest BCUT2D eigenvalue weighted by Crippen LogP contribution is 2.22. The van der Waals surface area contributed by atoms with E-state index in [0.29, 0.717) is 38.4 Å². The summed E-state index contributed by atoms with van der Waals surface area (Å²) in [6.45, 7) is 11.8. The molecule has 0 N–H and O–H groups in total. The normalized spacial score (nSPS) is 19.9. The van der Waals surface area contributed by atoms with Gasteiger partial charge in [-0.05, 0) is 32.9 Å². The van der Waals surface area contributed by atoms with Gasteiger partial charge in [-0.1, -0.05) is 6.07 Å². The van der Waals surface area contributed by atoms with Crippen LogP contribution in [0.15, 0.2) is 18.2 Å². The Morgan fingerprint density at radius 1 is 1.11 bits per heavy atom. The number of carbonyl (C=O) groups excluding carboxylic acids is 1. The minimum atomic E-state index is -0.511. The number of hydrogen-bond acceptors (Lipinski definition) is 6. The van der Waals surface area contributed by atoms with Crippen LogP contribution in [0.5, 0.6) is 0 Å². The average molecular weight is 379 g/mol. The van der Waals surface area contributed by atoms with Gasteiger partial charge < -0.3 is 14.5 Å². The number of benzene rings is 1. The molecule has 3 rings (SSSR count). The predicted molar refractivity (Wildman–Crippen MR) is 102 cm³/mol. The lowest BCUT2D eigenvalue weighted by Gasteiger charge is -2.34. The first-order valence-electron chi connectivity index (χ1n) is 9.64. The molecule has 2 heterocycles. The maximum atomic E-state index is 14.6. The summed E-state index contributed by atoms with van der Waals surface area (Å²) in [5.41, 5.74) is 1.10. The van der Waals surface area contributed by atoms with Crippen molar-refractivity contribution in [1.82, 2.24) is 9.96 Å². The van der Waals surface area contributed by atoms with Crippen LogP contribution in [-0.4, -0.2) is 68.4 Å². The van der Waals surface area contributed by atoms with Gasteiger partial charge >= 0.3 is 5.97 Å². The Kier molecular flexibility index (Phi) is 6.34. The van der Waals surface area contributed by atoms with Crippen LogP contribution in [0.2, 0.25) is 0 Å². The molecule has 1 aromatic rings. The van der Waals surface area contributed by atoms with E-state index in [4.69, 9.17) is 9.57 Å². The zero-order valence-corrected chi connectivity index (χ0v) is 16.5. The maximum Gasteiger partial charge on any atom is 0.330 e. The van der Waals surface area contributed by atoms with E-state index >= 15 is 0 Å². The van der Waals surface area contributed by atoms with E-state index < -0.39 is 5.41 Å². The van der Waals surface area contributed by atoms with Crippen molar-refractivity contribution in [2.75, 3.05) is 57.4 Å². The molecule has 0 aromatic heterocycles. The van der Waals surface area contributed by atoms with Crippen LogP contribution in [0.3, 0.4) is 0 Å². The summed E-state index contributed by atoms with van der Waals surface area (Å²) in [6, 6.07) is 5.50. The van der Waals surface area contributed by atoms with Crippen molar-refractivity contribution in [2.45, 2.75) is 27.3 Å². The van der Waals surface area contributed by atoms with Crippen molar-refractivity contribution in [3.63, 3.8) is 0 Å². The number of halogens is 1. The number of carbonyl (C=O) groups is 1. The van der Waals surface area contributed by atoms with Crippen LogP contribution >= 0.6 is 0 Å². The van der Waals surface area contributed by atoms with Crippen molar-refractivity contribution >= 4 is 11.7 Å². The average Bonchev–Trinajstić information content (AvgIpc) is 2.65. The Labute approximate surface area is 160 Å². The lowest BCUT2D eigenvalue weighted by molar-refractivity contribution is -0.207. The number of rotatable bonds is 4. The standard InChI is InChI=1S/C20H30FN3O3/c1-20(2,3)19(25)27-24-8-6-22(7-9-24)15-16-4-5-17(14-18(16)21)23-10-12-26-13-11-23/h4-5,14H,6-13,15H2,1-3H3. The van der Waals surface area contributed by atoms with Gasteiger partial charge in [-0.2, -0.15) is 0 Å². The van der Waals surface area contributed by atoms with E-state index in [1.807, 2.05) is 32.9 Å². The number of piperazine rings is 1. The van der Waals surface area contributed by atoms with Gasteiger partial charge in [0, 0.05) is 57.1 Å². The third-order valence-corrected chi connectivity index (χ3v) is 4.96. The van der Waals surface area contributed by atoms with Crippen LogP contribution in [0.4, 0.5) is 10.1 Å². The van der Waals surface area contributed by atoms with Gasteiger partial charge in [-0.15, -0.1) is 5.06 Å². The van der Waals surface area contributed by atoms with E-state index in [1.54, 1.807) is 11.1 Å². The van der Waals surface area contributed by atoms with E-state index in [-0.39, 0.29) is 11.8 Å². The highest BCUT2D eigenvalue weighted by Gasteiger charge is 2.28. The second kappa shape index (κ2) is 8.54. The lowest BCUT2D eigenvalue weighted by atomic mass is 9.98. The Balaban J connectivity index is 1.51. The Hall–Kier alpha value is -1.70. The zero-order valence-electron chi connectivity index (χ0n) is 16.5. The Bertz CT molecular complexity index is 648. The van der Waals surface area contributed by atoms with E-state index in [9.17, 15) is 9.18 Å². The fourth-order valence-corrected chi connectivity index (χ4v) is 3.16. The minimum Gasteiger partial charge on any atom is -0.378 e. The molecule has 0 saturated carbocycles. The molecule has 150 valence electrons. The van der Waals surface area contributed by atoms with E-state index in [1.165, 1.54) is 0 Å². The third kappa shape index (κ3) is 5.40. The topological polar surface area (TPSA) is 45.2 Å². The van der Waals surface area contributed by atoms with Crippen LogP contribution < -0.4 is 4.90 Å². The SMILES string of the molecule is CC(C)(C)C(=O)ON1CCN(Cc2ccc(N3CCOCC3)cc2F)CC1. The molecule has 0 radical (unpaired) electrons. The largest absolute Gasteiger partial charge is 0.378 e. The molecule has 0 bridgehead atoms. The molecular weight excluding hydrogens is 349 g/mol. The van der Waals surface area contributed by atoms with Gasteiger partial charge in [0.25, 0.3) is 0 Å². The van der Waals surface area contributed by atoms with Crippen LogP contribution in [0, 0.1) is 11.2 Å². The summed E-state index contributed by atoms with van der Waals surface area (Å²) in [5, 5.41) is 1.71. The molecule has 2 aliphatic heterocycles. The summed E-state index contributed by atoms with van der Waals surface area (Å²) >= 11 is 0. The summed E-state index contributed by atoms with van der Waals surface area (Å²) in [5.74, 6) is -0.388. The summed E-state index contributed by atoms with van der Waals surface area (Å²) in [6.07, 6.45) is 0. The first-order chi connectivity index (χ1) is 12.8. The molecule has 0 atom stereocenters. The molecular formula is C20H30FN3O3. The van der Waals surface area contributed by atoms with Gasteiger partial charge in [-0.3, -0.25) is 4.90 Å². The van der Waals surface area contributed by atoms with Crippen molar-refractivity contribution in [3.8, 4) is 0 Å². The number of morpholine rings is 1. The van der Waals surface area contributed by atoms with Crippen molar-refractivity contribution in [3.05, 3.63) is 29.6 Å². The minimum absolute atomic E-state index is 0.166. The number of hydrogen-bond donors (Lipinski definition) is 0. The fourth-order valence-electron chi connectivity index (χ4n) is 3.16. The Morgan fingerprint density at radius 3 is 2.37 bits per heavy atom. The van der Waals surface area contributed by atoms with Crippen molar-refractivity contribution in [2.24, 2.45) is 5.41 Å². The fraction of sp³-hybridized carbons (Fsp3) is 0.650. The number of anilines is 1. The molecule has 2 fully saturated rings. The first kappa shape index (κ1) is 20.0. The van der Waals surface area contributed by atoms with Crippen LogP contribution in [0.25, 0.3) is 0 Å². The molecule has 0 aliphatic carbocycles. The summed E-state index contributed by atoms with van der Waals surface area (Å²) < 4.78 is 19.9. The first-order valence-corrected chi connectivity index (χ1v) is 9.64. The second-order valence-corrected chi connectivity index (χ2v) is 8.21. The number of hydroxylamine groups is 2. The van der Waals surface area contributed by atoms with Crippen molar-refractivity contribution in [1.29, 1.82) is 0 Å². The monoisotopic (exact) mass is 379 g/mol. The third-order valence-electron chi connectivity index (χ3n) is 4.96. The molecule has 27 heavy (non-hydrogen) atoms. The smallest absolute Gasteiger partial charge is 0.330 e. The van der Waals surface area contributed by atoms with Crippen LogP contribution in [-0.2, 0) is 20.9 Å². The zero-order chi connectivity index (χ0) is 19.4. The number of nitrogens with zero attached hydrogens (tertiary/aromatic N) is 3. The molecule has 0 unspecified atom stereocenters.